The van der Waals surface area contributed by atoms with Crippen molar-refractivity contribution in [2.45, 2.75) is 13.5 Å². The summed E-state index contributed by atoms with van der Waals surface area (Å²) in [6.07, 6.45) is 0. The van der Waals surface area contributed by atoms with Crippen LogP contribution in [0.2, 0.25) is 0 Å². The van der Waals surface area contributed by atoms with E-state index in [1.807, 2.05) is 73.7 Å². The second-order valence-corrected chi connectivity index (χ2v) is 10.4. The van der Waals surface area contributed by atoms with E-state index in [4.69, 9.17) is 4.74 Å². The van der Waals surface area contributed by atoms with Gasteiger partial charge in [-0.15, -0.1) is 5.10 Å². The average molecular weight is 559 g/mol. The molecular formula is C27H19BrN4O3S. The Labute approximate surface area is 218 Å². The number of aromatic nitrogens is 3. The summed E-state index contributed by atoms with van der Waals surface area (Å²) in [6.45, 7) is 2.44. The molecule has 9 heteroatoms. The van der Waals surface area contributed by atoms with Crippen molar-refractivity contribution < 1.29 is 9.53 Å². The molecule has 0 unspecified atom stereocenters. The Morgan fingerprint density at radius 2 is 1.75 bits per heavy atom. The van der Waals surface area contributed by atoms with Gasteiger partial charge in [0, 0.05) is 15.6 Å². The van der Waals surface area contributed by atoms with E-state index in [1.165, 1.54) is 15.9 Å². The first-order valence-electron chi connectivity index (χ1n) is 11.2. The second-order valence-electron chi connectivity index (χ2n) is 8.51. The molecule has 3 heterocycles. The number of nitrogens with zero attached hydrogens (tertiary/aromatic N) is 4. The standard InChI is InChI=1S/C27H19BrN4O3S/c1-15-3-5-16(6-4-15)14-31-21-12-9-18(28)13-20(21)22(25(31)33)23-26(34)32-27(36-23)29-24(30-32)17-7-10-19(35-2)11-8-17/h3-13H,14H2,1-2H3. The minimum Gasteiger partial charge on any atom is -0.497 e. The van der Waals surface area contributed by atoms with Gasteiger partial charge in [0.1, 0.15) is 10.3 Å². The minimum atomic E-state index is -0.353. The van der Waals surface area contributed by atoms with E-state index in [2.05, 4.69) is 26.0 Å². The highest BCUT2D eigenvalue weighted by Gasteiger charge is 2.34. The molecule has 1 amide bonds. The monoisotopic (exact) mass is 558 g/mol. The largest absolute Gasteiger partial charge is 0.497 e. The van der Waals surface area contributed by atoms with Gasteiger partial charge >= 0.3 is 0 Å². The molecule has 5 aromatic rings. The highest BCUT2D eigenvalue weighted by Crippen LogP contribution is 2.38. The molecule has 3 aromatic carbocycles. The minimum absolute atomic E-state index is 0.208. The van der Waals surface area contributed by atoms with Crippen molar-refractivity contribution in [3.63, 3.8) is 0 Å². The van der Waals surface area contributed by atoms with Gasteiger partial charge in [-0.05, 0) is 55.0 Å². The van der Waals surface area contributed by atoms with Gasteiger partial charge in [-0.2, -0.15) is 9.50 Å². The fourth-order valence-electron chi connectivity index (χ4n) is 4.30. The molecule has 0 fully saturated rings. The molecule has 0 spiro atoms. The predicted octanol–water partition coefficient (Wildman–Crippen LogP) is 4.36. The fraction of sp³-hybridized carbons (Fsp3) is 0.111. The Bertz CT molecular complexity index is 1760. The van der Waals surface area contributed by atoms with Crippen LogP contribution in [0.15, 0.2) is 76.0 Å². The third-order valence-corrected chi connectivity index (χ3v) is 7.69. The molecule has 6 rings (SSSR count). The number of thiazole rings is 1. The Morgan fingerprint density at radius 3 is 2.44 bits per heavy atom. The molecule has 0 atom stereocenters. The van der Waals surface area contributed by atoms with E-state index in [0.29, 0.717) is 27.4 Å². The summed E-state index contributed by atoms with van der Waals surface area (Å²) < 4.78 is 7.65. The van der Waals surface area contributed by atoms with Gasteiger partial charge in [0.05, 0.1) is 24.9 Å². The molecule has 0 N–H and O–H groups in total. The van der Waals surface area contributed by atoms with Crippen LogP contribution in [0.5, 0.6) is 5.75 Å². The number of amides is 1. The third-order valence-electron chi connectivity index (χ3n) is 6.17. The van der Waals surface area contributed by atoms with E-state index < -0.39 is 0 Å². The van der Waals surface area contributed by atoms with Gasteiger partial charge < -0.3 is 9.64 Å². The molecule has 0 saturated heterocycles. The van der Waals surface area contributed by atoms with Gasteiger partial charge in [0.25, 0.3) is 11.5 Å². The summed E-state index contributed by atoms with van der Waals surface area (Å²) in [5, 5.41) is 4.44. The number of carbonyl (C=O) groups is 1. The lowest BCUT2D eigenvalue weighted by Gasteiger charge is -2.17. The maximum absolute atomic E-state index is 13.7. The normalized spacial score (nSPS) is 14.5. The quantitative estimate of drug-likeness (QED) is 0.327. The van der Waals surface area contributed by atoms with Crippen LogP contribution in [0.4, 0.5) is 5.69 Å². The van der Waals surface area contributed by atoms with Crippen LogP contribution in [0.25, 0.3) is 21.9 Å². The average Bonchev–Trinajstić information content (AvgIpc) is 3.51. The Kier molecular flexibility index (Phi) is 5.46. The van der Waals surface area contributed by atoms with Gasteiger partial charge in [0.2, 0.25) is 4.96 Å². The topological polar surface area (TPSA) is 76.8 Å². The van der Waals surface area contributed by atoms with Crippen molar-refractivity contribution in [2.75, 3.05) is 12.0 Å². The molecule has 36 heavy (non-hydrogen) atoms. The van der Waals surface area contributed by atoms with Gasteiger partial charge in [-0.1, -0.05) is 57.1 Å². The van der Waals surface area contributed by atoms with Crippen LogP contribution in [0, 0.1) is 6.92 Å². The number of halogens is 1. The number of methoxy groups -OCH3 is 1. The molecule has 1 aliphatic heterocycles. The molecule has 7 nitrogen and oxygen atoms in total. The number of hydrogen-bond donors (Lipinski definition) is 0. The fourth-order valence-corrected chi connectivity index (χ4v) is 5.66. The third kappa shape index (κ3) is 3.71. The number of anilines is 1. The number of ether oxygens (including phenoxy) is 1. The number of aryl methyl sites for hydroxylation is 1. The van der Waals surface area contributed by atoms with Gasteiger partial charge in [-0.25, -0.2) is 0 Å². The molecule has 1 aliphatic rings. The summed E-state index contributed by atoms with van der Waals surface area (Å²) in [4.78, 5) is 33.9. The van der Waals surface area contributed by atoms with E-state index in [0.717, 1.165) is 38.2 Å². The van der Waals surface area contributed by atoms with Crippen LogP contribution in [0.3, 0.4) is 0 Å². The van der Waals surface area contributed by atoms with E-state index in [1.54, 1.807) is 12.0 Å². The predicted molar refractivity (Wildman–Crippen MR) is 143 cm³/mol. The van der Waals surface area contributed by atoms with Crippen LogP contribution >= 0.6 is 27.3 Å². The second kappa shape index (κ2) is 8.69. The zero-order valence-corrected chi connectivity index (χ0v) is 21.8. The summed E-state index contributed by atoms with van der Waals surface area (Å²) in [5.41, 5.74) is 4.46. The Morgan fingerprint density at radius 1 is 1.00 bits per heavy atom. The molecule has 0 saturated carbocycles. The van der Waals surface area contributed by atoms with Crippen molar-refractivity contribution in [1.29, 1.82) is 0 Å². The van der Waals surface area contributed by atoms with Crippen LogP contribution in [0.1, 0.15) is 16.7 Å². The molecule has 2 aromatic heterocycles. The number of rotatable bonds is 4. The lowest BCUT2D eigenvalue weighted by molar-refractivity contribution is -0.113. The molecule has 178 valence electrons. The first kappa shape index (κ1) is 22.6. The molecule has 0 radical (unpaired) electrons. The van der Waals surface area contributed by atoms with E-state index in [-0.39, 0.29) is 11.5 Å². The maximum atomic E-state index is 13.7. The Balaban J connectivity index is 1.48. The highest BCUT2D eigenvalue weighted by atomic mass is 79.9. The van der Waals surface area contributed by atoms with E-state index in [9.17, 15) is 9.59 Å². The molecule has 0 aliphatic carbocycles. The summed E-state index contributed by atoms with van der Waals surface area (Å²) in [7, 11) is 1.60. The zero-order chi connectivity index (χ0) is 25.0. The van der Waals surface area contributed by atoms with Crippen LogP contribution in [-0.2, 0) is 11.3 Å². The molecule has 0 bridgehead atoms. The first-order chi connectivity index (χ1) is 17.4. The molecular weight excluding hydrogens is 540 g/mol. The van der Waals surface area contributed by atoms with Crippen molar-refractivity contribution in [3.8, 4) is 17.1 Å². The number of hydrogen-bond acceptors (Lipinski definition) is 6. The van der Waals surface area contributed by atoms with Gasteiger partial charge in [0.15, 0.2) is 5.82 Å². The number of fused-ring (bicyclic) bond motifs is 2. The Hall–Kier alpha value is -3.82. The smallest absolute Gasteiger partial charge is 0.291 e. The lowest BCUT2D eigenvalue weighted by atomic mass is 10.1. The maximum Gasteiger partial charge on any atom is 0.291 e. The van der Waals surface area contributed by atoms with Crippen molar-refractivity contribution in [2.24, 2.45) is 0 Å². The zero-order valence-electron chi connectivity index (χ0n) is 19.4. The van der Waals surface area contributed by atoms with Crippen molar-refractivity contribution >= 4 is 49.4 Å². The van der Waals surface area contributed by atoms with Crippen LogP contribution in [-0.4, -0.2) is 27.6 Å². The van der Waals surface area contributed by atoms with Crippen molar-refractivity contribution in [3.05, 3.63) is 103 Å². The van der Waals surface area contributed by atoms with Gasteiger partial charge in [-0.3, -0.25) is 9.59 Å². The summed E-state index contributed by atoms with van der Waals surface area (Å²) >= 11 is 4.69. The number of carbonyl (C=O) groups excluding carboxylic acids is 1. The lowest BCUT2D eigenvalue weighted by Crippen LogP contribution is -2.32. The van der Waals surface area contributed by atoms with Crippen molar-refractivity contribution in [1.82, 2.24) is 14.6 Å². The number of benzene rings is 3. The van der Waals surface area contributed by atoms with Crippen LogP contribution < -0.4 is 19.7 Å². The summed E-state index contributed by atoms with van der Waals surface area (Å²) in [6, 6.07) is 21.1. The SMILES string of the molecule is COc1ccc(-c2nc3sc(=C4C(=O)N(Cc5ccc(C)cc5)c5ccc(Br)cc54)c(=O)n3n2)cc1. The summed E-state index contributed by atoms with van der Waals surface area (Å²) in [5.74, 6) is 0.961. The highest BCUT2D eigenvalue weighted by molar-refractivity contribution is 9.10. The first-order valence-corrected chi connectivity index (χ1v) is 12.8. The van der Waals surface area contributed by atoms with E-state index >= 15 is 0 Å².